The molecule has 0 saturated carbocycles. The summed E-state index contributed by atoms with van der Waals surface area (Å²) in [6.07, 6.45) is 1.43. The summed E-state index contributed by atoms with van der Waals surface area (Å²) in [6, 6.07) is 14.7. The highest BCUT2D eigenvalue weighted by Gasteiger charge is 2.19. The molecule has 0 atom stereocenters. The smallest absolute Gasteiger partial charge is 0.352 e. The number of aromatic nitrogens is 4. The fourth-order valence-electron chi connectivity index (χ4n) is 3.78. The fraction of sp³-hybridized carbons (Fsp3) is 0.160. The topological polar surface area (TPSA) is 108 Å². The van der Waals surface area contributed by atoms with E-state index in [0.717, 1.165) is 31.6 Å². The van der Waals surface area contributed by atoms with Crippen molar-refractivity contribution in [1.82, 2.24) is 19.2 Å². The maximum atomic E-state index is 12.9. The Labute approximate surface area is 203 Å². The monoisotopic (exact) mass is 487 g/mol. The molecule has 3 aromatic heterocycles. The van der Waals surface area contributed by atoms with Gasteiger partial charge in [0.15, 0.2) is 5.65 Å². The van der Waals surface area contributed by atoms with Crippen LogP contribution < -0.4 is 11.0 Å². The van der Waals surface area contributed by atoms with Crippen molar-refractivity contribution >= 4 is 44.8 Å². The molecule has 1 amide bonds. The minimum absolute atomic E-state index is 0.217. The van der Waals surface area contributed by atoms with Gasteiger partial charge in [0, 0.05) is 10.9 Å². The number of carbonyl (C=O) groups excluding carboxylic acids is 2. The van der Waals surface area contributed by atoms with Gasteiger partial charge < -0.3 is 10.1 Å². The first-order valence-electron chi connectivity index (χ1n) is 10.9. The van der Waals surface area contributed by atoms with Crippen molar-refractivity contribution in [2.45, 2.75) is 20.4 Å². The van der Waals surface area contributed by atoms with Gasteiger partial charge in [-0.1, -0.05) is 42.0 Å². The van der Waals surface area contributed by atoms with E-state index in [9.17, 15) is 14.4 Å². The standard InChI is InChI=1S/C25H21N5O4S/c1-3-34-24(32)17-6-4-5-7-19(17)27-20(31)12-30-25(33)29-14-26-21-18(13-35-22(21)23(29)28-30)16-10-8-15(2)9-11-16/h4-11,13-14H,3,12H2,1-2H3,(H,27,31). The number of anilines is 1. The molecule has 3 heterocycles. The van der Waals surface area contributed by atoms with Gasteiger partial charge in [0.05, 0.1) is 28.1 Å². The van der Waals surface area contributed by atoms with E-state index >= 15 is 0 Å². The van der Waals surface area contributed by atoms with Crippen LogP contribution in [0.5, 0.6) is 0 Å². The number of rotatable bonds is 6. The van der Waals surface area contributed by atoms with Crippen LogP contribution in [0.4, 0.5) is 5.69 Å². The Kier molecular flexibility index (Phi) is 5.87. The number of hydrogen-bond donors (Lipinski definition) is 1. The minimum atomic E-state index is -0.538. The molecule has 5 rings (SSSR count). The van der Waals surface area contributed by atoms with Crippen molar-refractivity contribution in [2.75, 3.05) is 11.9 Å². The molecular formula is C25H21N5O4S. The largest absolute Gasteiger partial charge is 0.462 e. The number of nitrogens with zero attached hydrogens (tertiary/aromatic N) is 4. The highest BCUT2D eigenvalue weighted by Crippen LogP contribution is 2.34. The summed E-state index contributed by atoms with van der Waals surface area (Å²) in [5.74, 6) is -1.04. The molecule has 9 nitrogen and oxygen atoms in total. The van der Waals surface area contributed by atoms with Crippen molar-refractivity contribution in [2.24, 2.45) is 0 Å². The number of aryl methyl sites for hydroxylation is 1. The molecule has 0 fully saturated rings. The lowest BCUT2D eigenvalue weighted by Crippen LogP contribution is -2.28. The molecule has 176 valence electrons. The van der Waals surface area contributed by atoms with Crippen molar-refractivity contribution in [1.29, 1.82) is 0 Å². The second-order valence-electron chi connectivity index (χ2n) is 7.89. The summed E-state index contributed by atoms with van der Waals surface area (Å²) in [5.41, 5.74) is 4.39. The Morgan fingerprint density at radius 2 is 1.89 bits per heavy atom. The van der Waals surface area contributed by atoms with Gasteiger partial charge in [-0.05, 0) is 31.5 Å². The number of hydrogen-bond acceptors (Lipinski definition) is 7. The lowest BCUT2D eigenvalue weighted by atomic mass is 10.1. The van der Waals surface area contributed by atoms with Crippen LogP contribution in [-0.2, 0) is 16.1 Å². The van der Waals surface area contributed by atoms with Crippen LogP contribution in [0.15, 0.2) is 65.0 Å². The number of fused-ring (bicyclic) bond motifs is 3. The summed E-state index contributed by atoms with van der Waals surface area (Å²) in [5, 5.41) is 9.08. The van der Waals surface area contributed by atoms with Crippen LogP contribution in [0.25, 0.3) is 27.0 Å². The highest BCUT2D eigenvalue weighted by molar-refractivity contribution is 7.18. The van der Waals surface area contributed by atoms with Gasteiger partial charge in [-0.2, -0.15) is 0 Å². The zero-order valence-corrected chi connectivity index (χ0v) is 19.8. The van der Waals surface area contributed by atoms with Gasteiger partial charge in [0.25, 0.3) is 0 Å². The van der Waals surface area contributed by atoms with Crippen LogP contribution in [0, 0.1) is 6.92 Å². The maximum Gasteiger partial charge on any atom is 0.352 e. The average Bonchev–Trinajstić information content (AvgIpc) is 3.41. The number of esters is 1. The zero-order valence-electron chi connectivity index (χ0n) is 19.0. The van der Waals surface area contributed by atoms with E-state index in [0.29, 0.717) is 11.3 Å². The molecule has 10 heteroatoms. The number of nitrogens with one attached hydrogen (secondary N) is 1. The molecule has 5 aromatic rings. The first-order chi connectivity index (χ1) is 17.0. The third-order valence-electron chi connectivity index (χ3n) is 5.49. The molecular weight excluding hydrogens is 466 g/mol. The number of amides is 1. The minimum Gasteiger partial charge on any atom is -0.462 e. The third-order valence-corrected chi connectivity index (χ3v) is 6.46. The van der Waals surface area contributed by atoms with E-state index in [1.807, 2.05) is 36.6 Å². The van der Waals surface area contributed by atoms with Gasteiger partial charge in [0.1, 0.15) is 12.9 Å². The molecule has 0 spiro atoms. The molecule has 0 aliphatic rings. The van der Waals surface area contributed by atoms with Crippen LogP contribution in [0.1, 0.15) is 22.8 Å². The normalized spacial score (nSPS) is 11.1. The van der Waals surface area contributed by atoms with E-state index in [2.05, 4.69) is 15.4 Å². The number of benzene rings is 2. The Bertz CT molecular complexity index is 1630. The van der Waals surface area contributed by atoms with Gasteiger partial charge in [0.2, 0.25) is 5.91 Å². The molecule has 2 aromatic carbocycles. The fourth-order valence-corrected chi connectivity index (χ4v) is 4.78. The van der Waals surface area contributed by atoms with E-state index in [4.69, 9.17) is 4.74 Å². The molecule has 0 radical (unpaired) electrons. The summed E-state index contributed by atoms with van der Waals surface area (Å²) >= 11 is 1.45. The SMILES string of the molecule is CCOC(=O)c1ccccc1NC(=O)Cn1nc2c3scc(-c4ccc(C)cc4)c3ncn2c1=O. The summed E-state index contributed by atoms with van der Waals surface area (Å²) < 4.78 is 8.22. The van der Waals surface area contributed by atoms with E-state index in [1.54, 1.807) is 31.2 Å². The summed E-state index contributed by atoms with van der Waals surface area (Å²) in [6.45, 7) is 3.63. The molecule has 1 N–H and O–H groups in total. The molecule has 35 heavy (non-hydrogen) atoms. The number of thiophene rings is 1. The zero-order chi connectivity index (χ0) is 24.5. The third kappa shape index (κ3) is 4.19. The van der Waals surface area contributed by atoms with Gasteiger partial charge >= 0.3 is 11.7 Å². The van der Waals surface area contributed by atoms with Crippen LogP contribution in [0.3, 0.4) is 0 Å². The quantitative estimate of drug-likeness (QED) is 0.364. The lowest BCUT2D eigenvalue weighted by Gasteiger charge is -2.10. The van der Waals surface area contributed by atoms with Crippen molar-refractivity contribution in [3.8, 4) is 11.1 Å². The summed E-state index contributed by atoms with van der Waals surface area (Å²) in [7, 11) is 0. The van der Waals surface area contributed by atoms with Crippen molar-refractivity contribution in [3.05, 3.63) is 81.8 Å². The first-order valence-corrected chi connectivity index (χ1v) is 11.8. The maximum absolute atomic E-state index is 12.9. The van der Waals surface area contributed by atoms with Crippen LogP contribution in [0.2, 0.25) is 0 Å². The Balaban J connectivity index is 1.45. The van der Waals surface area contributed by atoms with Crippen molar-refractivity contribution in [3.63, 3.8) is 0 Å². The van der Waals surface area contributed by atoms with E-state index in [-0.39, 0.29) is 18.7 Å². The number of carbonyl (C=O) groups is 2. The number of para-hydroxylation sites is 1. The molecule has 0 unspecified atom stereocenters. The predicted molar refractivity (Wildman–Crippen MR) is 134 cm³/mol. The summed E-state index contributed by atoms with van der Waals surface area (Å²) in [4.78, 5) is 42.3. The average molecular weight is 488 g/mol. The second kappa shape index (κ2) is 9.15. The second-order valence-corrected chi connectivity index (χ2v) is 8.77. The number of ether oxygens (including phenoxy) is 1. The first kappa shape index (κ1) is 22.5. The Hall–Kier alpha value is -4.31. The van der Waals surface area contributed by atoms with E-state index < -0.39 is 17.6 Å². The van der Waals surface area contributed by atoms with Gasteiger partial charge in [-0.25, -0.2) is 23.7 Å². The van der Waals surface area contributed by atoms with Crippen LogP contribution >= 0.6 is 11.3 Å². The van der Waals surface area contributed by atoms with Crippen LogP contribution in [-0.4, -0.2) is 37.6 Å². The molecule has 0 aliphatic carbocycles. The Morgan fingerprint density at radius 1 is 1.11 bits per heavy atom. The molecule has 0 bridgehead atoms. The van der Waals surface area contributed by atoms with E-state index in [1.165, 1.54) is 22.1 Å². The van der Waals surface area contributed by atoms with Gasteiger partial charge in [-0.3, -0.25) is 4.79 Å². The Morgan fingerprint density at radius 3 is 2.66 bits per heavy atom. The highest BCUT2D eigenvalue weighted by atomic mass is 32.1. The molecule has 0 saturated heterocycles. The lowest BCUT2D eigenvalue weighted by molar-refractivity contribution is -0.117. The molecule has 0 aliphatic heterocycles. The predicted octanol–water partition coefficient (Wildman–Crippen LogP) is 3.90. The van der Waals surface area contributed by atoms with Crippen molar-refractivity contribution < 1.29 is 14.3 Å². The van der Waals surface area contributed by atoms with Gasteiger partial charge in [-0.15, -0.1) is 16.4 Å².